The van der Waals surface area contributed by atoms with E-state index in [1.54, 1.807) is 6.20 Å². The maximum Gasteiger partial charge on any atom is 0.239 e. The number of aromatic nitrogens is 2. The number of fused-ring (bicyclic) bond motifs is 1. The summed E-state index contributed by atoms with van der Waals surface area (Å²) < 4.78 is 5.67. The van der Waals surface area contributed by atoms with Gasteiger partial charge in [0.15, 0.2) is 0 Å². The standard InChI is InChI=1S/C12H14N4O2/c1-12(2)11(17)14-5-8(16-12)9-3-7-4-13-6-15-10(7)18-9/h3-4,6,8,16H,5H2,1-2H3,(H,14,17). The Bertz CT molecular complexity index is 572. The van der Waals surface area contributed by atoms with Crippen molar-refractivity contribution < 1.29 is 9.21 Å². The van der Waals surface area contributed by atoms with Gasteiger partial charge in [-0.25, -0.2) is 9.97 Å². The summed E-state index contributed by atoms with van der Waals surface area (Å²) in [7, 11) is 0. The Labute approximate surface area is 104 Å². The molecular formula is C12H14N4O2. The third-order valence-electron chi connectivity index (χ3n) is 3.13. The third-order valence-corrected chi connectivity index (χ3v) is 3.13. The average Bonchev–Trinajstić information content (AvgIpc) is 2.76. The van der Waals surface area contributed by atoms with Crippen LogP contribution >= 0.6 is 0 Å². The number of piperazine rings is 1. The maximum atomic E-state index is 11.6. The molecule has 0 aliphatic carbocycles. The van der Waals surface area contributed by atoms with Gasteiger partial charge in [-0.2, -0.15) is 0 Å². The van der Waals surface area contributed by atoms with E-state index in [9.17, 15) is 4.79 Å². The van der Waals surface area contributed by atoms with Crippen molar-refractivity contribution in [3.8, 4) is 0 Å². The normalized spacial score (nSPS) is 23.0. The molecular weight excluding hydrogens is 232 g/mol. The molecule has 0 radical (unpaired) electrons. The Morgan fingerprint density at radius 2 is 2.33 bits per heavy atom. The molecule has 0 saturated carbocycles. The summed E-state index contributed by atoms with van der Waals surface area (Å²) in [5.74, 6) is 0.758. The first-order chi connectivity index (χ1) is 8.56. The maximum absolute atomic E-state index is 11.6. The molecule has 1 amide bonds. The second kappa shape index (κ2) is 3.78. The fourth-order valence-electron chi connectivity index (χ4n) is 2.12. The molecule has 94 valence electrons. The smallest absolute Gasteiger partial charge is 0.239 e. The van der Waals surface area contributed by atoms with E-state index >= 15 is 0 Å². The van der Waals surface area contributed by atoms with Gasteiger partial charge in [0, 0.05) is 12.7 Å². The van der Waals surface area contributed by atoms with Crippen LogP contribution in [0.1, 0.15) is 25.6 Å². The van der Waals surface area contributed by atoms with Gasteiger partial charge in [0.25, 0.3) is 0 Å². The molecule has 1 aliphatic rings. The summed E-state index contributed by atoms with van der Waals surface area (Å²) in [5.41, 5.74) is -0.0374. The lowest BCUT2D eigenvalue weighted by molar-refractivity contribution is -0.128. The zero-order valence-electron chi connectivity index (χ0n) is 10.2. The number of amides is 1. The van der Waals surface area contributed by atoms with Crippen molar-refractivity contribution in [1.29, 1.82) is 0 Å². The molecule has 0 aromatic carbocycles. The number of hydrogen-bond donors (Lipinski definition) is 2. The van der Waals surface area contributed by atoms with E-state index in [-0.39, 0.29) is 11.9 Å². The number of hydrogen-bond acceptors (Lipinski definition) is 5. The zero-order valence-corrected chi connectivity index (χ0v) is 10.2. The lowest BCUT2D eigenvalue weighted by atomic mass is 9.98. The Morgan fingerprint density at radius 1 is 1.50 bits per heavy atom. The highest BCUT2D eigenvalue weighted by Crippen LogP contribution is 2.25. The first-order valence-corrected chi connectivity index (χ1v) is 5.82. The quantitative estimate of drug-likeness (QED) is 0.776. The predicted molar refractivity (Wildman–Crippen MR) is 64.8 cm³/mol. The van der Waals surface area contributed by atoms with Crippen LogP contribution in [0.3, 0.4) is 0 Å². The summed E-state index contributed by atoms with van der Waals surface area (Å²) in [6.45, 7) is 4.20. The predicted octanol–water partition coefficient (Wildman–Crippen LogP) is 0.762. The van der Waals surface area contributed by atoms with Crippen molar-refractivity contribution in [3.63, 3.8) is 0 Å². The van der Waals surface area contributed by atoms with Crippen LogP contribution in [0.4, 0.5) is 0 Å². The Hall–Kier alpha value is -1.95. The van der Waals surface area contributed by atoms with Gasteiger partial charge in [-0.15, -0.1) is 0 Å². The largest absolute Gasteiger partial charge is 0.441 e. The highest BCUT2D eigenvalue weighted by atomic mass is 16.3. The minimum absolute atomic E-state index is 0.00495. The SMILES string of the molecule is CC1(C)NC(c2cc3cncnc3o2)CNC1=O. The van der Waals surface area contributed by atoms with E-state index in [0.29, 0.717) is 12.3 Å². The molecule has 3 rings (SSSR count). The Balaban J connectivity index is 1.93. The Morgan fingerprint density at radius 3 is 3.06 bits per heavy atom. The van der Waals surface area contributed by atoms with Crippen LogP contribution in [0.2, 0.25) is 0 Å². The number of furan rings is 1. The van der Waals surface area contributed by atoms with E-state index in [4.69, 9.17) is 4.42 Å². The second-order valence-corrected chi connectivity index (χ2v) is 4.96. The molecule has 1 saturated heterocycles. The highest BCUT2D eigenvalue weighted by Gasteiger charge is 2.36. The molecule has 18 heavy (non-hydrogen) atoms. The number of carbonyl (C=O) groups is 1. The van der Waals surface area contributed by atoms with Crippen LogP contribution in [0.5, 0.6) is 0 Å². The summed E-state index contributed by atoms with van der Waals surface area (Å²) in [6.07, 6.45) is 3.16. The van der Waals surface area contributed by atoms with Crippen LogP contribution in [0.25, 0.3) is 11.1 Å². The van der Waals surface area contributed by atoms with Crippen molar-refractivity contribution in [3.05, 3.63) is 24.4 Å². The lowest BCUT2D eigenvalue weighted by Gasteiger charge is -2.35. The van der Waals surface area contributed by atoms with Gasteiger partial charge in [-0.1, -0.05) is 0 Å². The zero-order chi connectivity index (χ0) is 12.8. The van der Waals surface area contributed by atoms with Gasteiger partial charge in [-0.05, 0) is 19.9 Å². The third kappa shape index (κ3) is 1.74. The first kappa shape index (κ1) is 11.2. The molecule has 2 N–H and O–H groups in total. The van der Waals surface area contributed by atoms with Gasteiger partial charge in [0.05, 0.1) is 17.0 Å². The molecule has 2 aromatic rings. The summed E-state index contributed by atoms with van der Waals surface area (Å²) in [6, 6.07) is 1.85. The van der Waals surface area contributed by atoms with Crippen molar-refractivity contribution in [2.45, 2.75) is 25.4 Å². The molecule has 0 spiro atoms. The number of rotatable bonds is 1. The molecule has 3 heterocycles. The van der Waals surface area contributed by atoms with Gasteiger partial charge < -0.3 is 9.73 Å². The van der Waals surface area contributed by atoms with E-state index in [1.165, 1.54) is 6.33 Å². The van der Waals surface area contributed by atoms with E-state index in [1.807, 2.05) is 19.9 Å². The second-order valence-electron chi connectivity index (χ2n) is 4.96. The molecule has 1 fully saturated rings. The summed E-state index contributed by atoms with van der Waals surface area (Å²) in [4.78, 5) is 19.6. The molecule has 1 unspecified atom stereocenters. The summed E-state index contributed by atoms with van der Waals surface area (Å²) >= 11 is 0. The van der Waals surface area contributed by atoms with Gasteiger partial charge >= 0.3 is 0 Å². The van der Waals surface area contributed by atoms with Crippen molar-refractivity contribution in [1.82, 2.24) is 20.6 Å². The topological polar surface area (TPSA) is 80.1 Å². The van der Waals surface area contributed by atoms with E-state index < -0.39 is 5.54 Å². The van der Waals surface area contributed by atoms with Gasteiger partial charge in [-0.3, -0.25) is 10.1 Å². The molecule has 1 aliphatic heterocycles. The monoisotopic (exact) mass is 246 g/mol. The van der Waals surface area contributed by atoms with E-state index in [0.717, 1.165) is 11.1 Å². The molecule has 2 aromatic heterocycles. The van der Waals surface area contributed by atoms with Crippen LogP contribution in [-0.4, -0.2) is 28.0 Å². The highest BCUT2D eigenvalue weighted by molar-refractivity contribution is 5.86. The fraction of sp³-hybridized carbons (Fsp3) is 0.417. The lowest BCUT2D eigenvalue weighted by Crippen LogP contribution is -2.60. The first-order valence-electron chi connectivity index (χ1n) is 5.82. The van der Waals surface area contributed by atoms with Crippen molar-refractivity contribution >= 4 is 17.0 Å². The van der Waals surface area contributed by atoms with Crippen LogP contribution in [0.15, 0.2) is 23.0 Å². The van der Waals surface area contributed by atoms with Crippen molar-refractivity contribution in [2.75, 3.05) is 6.54 Å². The minimum Gasteiger partial charge on any atom is -0.441 e. The van der Waals surface area contributed by atoms with Crippen LogP contribution < -0.4 is 10.6 Å². The molecule has 6 heteroatoms. The molecule has 6 nitrogen and oxygen atoms in total. The number of nitrogens with one attached hydrogen (secondary N) is 2. The fourth-order valence-corrected chi connectivity index (χ4v) is 2.12. The van der Waals surface area contributed by atoms with E-state index in [2.05, 4.69) is 20.6 Å². The average molecular weight is 246 g/mol. The van der Waals surface area contributed by atoms with Crippen LogP contribution in [-0.2, 0) is 4.79 Å². The molecule has 1 atom stereocenters. The number of nitrogens with zero attached hydrogens (tertiary/aromatic N) is 2. The van der Waals surface area contributed by atoms with Crippen LogP contribution in [0, 0.1) is 0 Å². The van der Waals surface area contributed by atoms with Gasteiger partial charge in [0.2, 0.25) is 11.6 Å². The van der Waals surface area contributed by atoms with Crippen molar-refractivity contribution in [2.24, 2.45) is 0 Å². The summed E-state index contributed by atoms with van der Waals surface area (Å²) in [5, 5.41) is 7.00. The minimum atomic E-state index is -0.604. The number of carbonyl (C=O) groups excluding carboxylic acids is 1. The van der Waals surface area contributed by atoms with Gasteiger partial charge in [0.1, 0.15) is 12.1 Å². The molecule has 0 bridgehead atoms. The Kier molecular flexibility index (Phi) is 2.34.